The van der Waals surface area contributed by atoms with Crippen LogP contribution in [0.5, 0.6) is 0 Å². The zero-order chi connectivity index (χ0) is 20.1. The zero-order valence-electron chi connectivity index (χ0n) is 16.4. The first kappa shape index (κ1) is 20.7. The maximum absolute atomic E-state index is 12.4. The van der Waals surface area contributed by atoms with Crippen molar-refractivity contribution in [3.8, 4) is 0 Å². The summed E-state index contributed by atoms with van der Waals surface area (Å²) >= 11 is 0. The molecule has 0 spiro atoms. The number of benzene rings is 1. The molecule has 7 nitrogen and oxygen atoms in total. The van der Waals surface area contributed by atoms with E-state index in [-0.39, 0.29) is 18.9 Å². The summed E-state index contributed by atoms with van der Waals surface area (Å²) < 4.78 is 10.6. The number of nitrogens with zero attached hydrogens (tertiary/aromatic N) is 1. The molecule has 0 radical (unpaired) electrons. The van der Waals surface area contributed by atoms with Crippen LogP contribution in [0, 0.1) is 0 Å². The Morgan fingerprint density at radius 1 is 1.19 bits per heavy atom. The molecule has 1 unspecified atom stereocenters. The van der Waals surface area contributed by atoms with Crippen molar-refractivity contribution in [1.29, 1.82) is 0 Å². The Morgan fingerprint density at radius 2 is 1.85 bits per heavy atom. The summed E-state index contributed by atoms with van der Waals surface area (Å²) in [6.45, 7) is 7.36. The van der Waals surface area contributed by atoms with Crippen LogP contribution in [0.15, 0.2) is 30.3 Å². The number of alkyl carbamates (subject to hydrolysis) is 1. The quantitative estimate of drug-likeness (QED) is 0.872. The summed E-state index contributed by atoms with van der Waals surface area (Å²) in [5, 5.41) is 2.69. The Bertz CT molecular complexity index is 683. The fraction of sp³-hybridized carbons (Fsp3) is 0.550. The fourth-order valence-corrected chi connectivity index (χ4v) is 3.00. The molecule has 1 aromatic rings. The number of carbonyl (C=O) groups is 3. The lowest BCUT2D eigenvalue weighted by molar-refractivity contribution is -0.125. The zero-order valence-corrected chi connectivity index (χ0v) is 16.4. The topological polar surface area (TPSA) is 84.9 Å². The van der Waals surface area contributed by atoms with Gasteiger partial charge in [-0.1, -0.05) is 30.3 Å². The predicted molar refractivity (Wildman–Crippen MR) is 100 cm³/mol. The van der Waals surface area contributed by atoms with Crippen molar-refractivity contribution in [3.05, 3.63) is 35.9 Å². The van der Waals surface area contributed by atoms with Crippen LogP contribution in [0.25, 0.3) is 0 Å². The minimum Gasteiger partial charge on any atom is -0.445 e. The van der Waals surface area contributed by atoms with Crippen LogP contribution in [0.2, 0.25) is 0 Å². The maximum atomic E-state index is 12.4. The van der Waals surface area contributed by atoms with Gasteiger partial charge in [0.05, 0.1) is 6.54 Å². The van der Waals surface area contributed by atoms with E-state index in [1.54, 1.807) is 20.8 Å². The van der Waals surface area contributed by atoms with E-state index in [1.807, 2.05) is 30.3 Å². The molecule has 7 heteroatoms. The lowest BCUT2D eigenvalue weighted by Gasteiger charge is -2.41. The van der Waals surface area contributed by atoms with Crippen molar-refractivity contribution in [2.24, 2.45) is 0 Å². The first-order valence-corrected chi connectivity index (χ1v) is 9.09. The maximum Gasteiger partial charge on any atom is 0.410 e. The summed E-state index contributed by atoms with van der Waals surface area (Å²) in [6.07, 6.45) is -0.146. The second-order valence-corrected chi connectivity index (χ2v) is 7.83. The van der Waals surface area contributed by atoms with Gasteiger partial charge in [0, 0.05) is 6.54 Å². The van der Waals surface area contributed by atoms with E-state index in [0.29, 0.717) is 19.4 Å². The van der Waals surface area contributed by atoms with Gasteiger partial charge in [0.1, 0.15) is 17.7 Å². The number of amides is 2. The lowest BCUT2D eigenvalue weighted by atomic mass is 9.85. The SMILES string of the molecule is CC(=O)C1(NC(=O)OC(C)(C)C)CCCN(C(=O)OCc2ccccc2)C1. The molecule has 2 rings (SSSR count). The van der Waals surface area contributed by atoms with Gasteiger partial charge < -0.3 is 19.7 Å². The Morgan fingerprint density at radius 3 is 2.44 bits per heavy atom. The van der Waals surface area contributed by atoms with Crippen molar-refractivity contribution in [3.63, 3.8) is 0 Å². The second kappa shape index (κ2) is 8.41. The highest BCUT2D eigenvalue weighted by atomic mass is 16.6. The molecule has 1 aliphatic rings. The summed E-state index contributed by atoms with van der Waals surface area (Å²) in [4.78, 5) is 38.4. The molecule has 0 aliphatic carbocycles. The average molecular weight is 376 g/mol. The van der Waals surface area contributed by atoms with Crippen molar-refractivity contribution in [2.75, 3.05) is 13.1 Å². The summed E-state index contributed by atoms with van der Waals surface area (Å²) in [6, 6.07) is 9.37. The Hall–Kier alpha value is -2.57. The van der Waals surface area contributed by atoms with Gasteiger partial charge in [0.15, 0.2) is 5.78 Å². The number of rotatable bonds is 4. The van der Waals surface area contributed by atoms with Gasteiger partial charge in [-0.15, -0.1) is 0 Å². The van der Waals surface area contributed by atoms with E-state index < -0.39 is 23.3 Å². The van der Waals surface area contributed by atoms with Crippen LogP contribution in [-0.2, 0) is 20.9 Å². The van der Waals surface area contributed by atoms with Crippen LogP contribution < -0.4 is 5.32 Å². The van der Waals surface area contributed by atoms with E-state index in [0.717, 1.165) is 5.56 Å². The van der Waals surface area contributed by atoms with Crippen LogP contribution in [0.1, 0.15) is 46.1 Å². The number of carbonyl (C=O) groups excluding carboxylic acids is 3. The molecule has 0 aromatic heterocycles. The number of Topliss-reactive ketones (excluding diaryl/α,β-unsaturated/α-hetero) is 1. The molecule has 148 valence electrons. The van der Waals surface area contributed by atoms with Gasteiger partial charge in [-0.2, -0.15) is 0 Å². The highest BCUT2D eigenvalue weighted by Gasteiger charge is 2.43. The summed E-state index contributed by atoms with van der Waals surface area (Å²) in [7, 11) is 0. The molecule has 1 atom stereocenters. The van der Waals surface area contributed by atoms with Crippen molar-refractivity contribution in [1.82, 2.24) is 10.2 Å². The molecule has 0 saturated carbocycles. The first-order chi connectivity index (χ1) is 12.6. The monoisotopic (exact) mass is 376 g/mol. The van der Waals surface area contributed by atoms with Gasteiger partial charge >= 0.3 is 12.2 Å². The average Bonchev–Trinajstić information content (AvgIpc) is 2.59. The van der Waals surface area contributed by atoms with Crippen LogP contribution in [0.4, 0.5) is 9.59 Å². The molecule has 1 fully saturated rings. The third-order valence-corrected chi connectivity index (χ3v) is 4.37. The van der Waals surface area contributed by atoms with E-state index in [4.69, 9.17) is 9.47 Å². The van der Waals surface area contributed by atoms with Gasteiger partial charge in [-0.05, 0) is 46.1 Å². The molecular weight excluding hydrogens is 348 g/mol. The Kier molecular flexibility index (Phi) is 6.46. The number of ketones is 1. The Balaban J connectivity index is 2.02. The van der Waals surface area contributed by atoms with Crippen LogP contribution in [-0.4, -0.2) is 47.1 Å². The van der Waals surface area contributed by atoms with Crippen molar-refractivity contribution in [2.45, 2.75) is 58.3 Å². The van der Waals surface area contributed by atoms with E-state index >= 15 is 0 Å². The number of likely N-dealkylation sites (tertiary alicyclic amines) is 1. The molecule has 1 saturated heterocycles. The third-order valence-electron chi connectivity index (χ3n) is 4.37. The second-order valence-electron chi connectivity index (χ2n) is 7.83. The highest BCUT2D eigenvalue weighted by Crippen LogP contribution is 2.24. The molecule has 27 heavy (non-hydrogen) atoms. The first-order valence-electron chi connectivity index (χ1n) is 9.09. The summed E-state index contributed by atoms with van der Waals surface area (Å²) in [5.41, 5.74) is -0.954. The normalized spacial score (nSPS) is 19.9. The van der Waals surface area contributed by atoms with Crippen molar-refractivity contribution >= 4 is 18.0 Å². The van der Waals surface area contributed by atoms with E-state index in [2.05, 4.69) is 5.32 Å². The van der Waals surface area contributed by atoms with Crippen LogP contribution in [0.3, 0.4) is 0 Å². The smallest absolute Gasteiger partial charge is 0.410 e. The molecule has 1 N–H and O–H groups in total. The molecule has 1 heterocycles. The molecule has 0 bridgehead atoms. The van der Waals surface area contributed by atoms with Gasteiger partial charge in [0.25, 0.3) is 0 Å². The van der Waals surface area contributed by atoms with Gasteiger partial charge in [-0.25, -0.2) is 9.59 Å². The standard InChI is InChI=1S/C20H28N2O5/c1-15(23)20(21-17(24)27-19(2,3)4)11-8-12-22(14-20)18(25)26-13-16-9-6-5-7-10-16/h5-7,9-10H,8,11-14H2,1-4H3,(H,21,24). The molecule has 2 amide bonds. The highest BCUT2D eigenvalue weighted by molar-refractivity contribution is 5.91. The van der Waals surface area contributed by atoms with Gasteiger partial charge in [-0.3, -0.25) is 4.79 Å². The minimum absolute atomic E-state index is 0.0647. The number of hydrogen-bond acceptors (Lipinski definition) is 5. The van der Waals surface area contributed by atoms with Gasteiger partial charge in [0.2, 0.25) is 0 Å². The lowest BCUT2D eigenvalue weighted by Crippen LogP contribution is -2.63. The largest absolute Gasteiger partial charge is 0.445 e. The number of piperidine rings is 1. The van der Waals surface area contributed by atoms with E-state index in [1.165, 1.54) is 11.8 Å². The molecular formula is C20H28N2O5. The minimum atomic E-state index is -1.16. The number of hydrogen-bond donors (Lipinski definition) is 1. The molecule has 1 aliphatic heterocycles. The Labute approximate surface area is 160 Å². The van der Waals surface area contributed by atoms with E-state index in [9.17, 15) is 14.4 Å². The van der Waals surface area contributed by atoms with Crippen LogP contribution >= 0.6 is 0 Å². The van der Waals surface area contributed by atoms with Crippen molar-refractivity contribution < 1.29 is 23.9 Å². The third kappa shape index (κ3) is 5.98. The fourth-order valence-electron chi connectivity index (χ4n) is 3.00. The predicted octanol–water partition coefficient (Wildman–Crippen LogP) is 3.27. The number of ether oxygens (including phenoxy) is 2. The number of nitrogens with one attached hydrogen (secondary N) is 1. The summed E-state index contributed by atoms with van der Waals surface area (Å²) in [5.74, 6) is -0.214. The molecule has 1 aromatic carbocycles.